The minimum atomic E-state index is -0.263. The number of aliphatic hydroxyl groups is 1. The first-order valence-electron chi connectivity index (χ1n) is 5.40. The Labute approximate surface area is 95.9 Å². The van der Waals surface area contributed by atoms with E-state index in [1.54, 1.807) is 7.11 Å². The lowest BCUT2D eigenvalue weighted by Crippen LogP contribution is -2.28. The second-order valence-corrected chi connectivity index (χ2v) is 4.03. The average Bonchev–Trinajstić information content (AvgIpc) is 2.39. The summed E-state index contributed by atoms with van der Waals surface area (Å²) in [6.07, 6.45) is 8.99. The van der Waals surface area contributed by atoms with E-state index in [0.717, 1.165) is 17.7 Å². The Kier molecular flexibility index (Phi) is 3.11. The Morgan fingerprint density at radius 1 is 1.25 bits per heavy atom. The van der Waals surface area contributed by atoms with Gasteiger partial charge in [0.1, 0.15) is 5.75 Å². The highest BCUT2D eigenvalue weighted by molar-refractivity contribution is 5.38. The van der Waals surface area contributed by atoms with Crippen molar-refractivity contribution in [3.05, 3.63) is 54.1 Å². The molecule has 2 nitrogen and oxygen atoms in total. The summed E-state index contributed by atoms with van der Waals surface area (Å²) >= 11 is 0. The summed E-state index contributed by atoms with van der Waals surface area (Å²) in [6.45, 7) is 0.125. The van der Waals surface area contributed by atoms with Crippen LogP contribution in [-0.2, 0) is 5.41 Å². The zero-order chi connectivity index (χ0) is 11.4. The molecule has 0 unspecified atom stereocenters. The van der Waals surface area contributed by atoms with E-state index < -0.39 is 0 Å². The van der Waals surface area contributed by atoms with Crippen LogP contribution in [0.4, 0.5) is 0 Å². The van der Waals surface area contributed by atoms with Crippen LogP contribution >= 0.6 is 0 Å². The van der Waals surface area contributed by atoms with Crippen molar-refractivity contribution in [3.63, 3.8) is 0 Å². The number of aliphatic hydroxyl groups excluding tert-OH is 1. The maximum Gasteiger partial charge on any atom is 0.118 e. The molecule has 84 valence electrons. The maximum absolute atomic E-state index is 9.61. The molecule has 0 bridgehead atoms. The molecule has 0 saturated carbocycles. The van der Waals surface area contributed by atoms with E-state index in [-0.39, 0.29) is 12.0 Å². The van der Waals surface area contributed by atoms with Crippen molar-refractivity contribution in [2.24, 2.45) is 0 Å². The van der Waals surface area contributed by atoms with E-state index in [4.69, 9.17) is 4.74 Å². The molecule has 16 heavy (non-hydrogen) atoms. The number of hydrogen-bond acceptors (Lipinski definition) is 2. The van der Waals surface area contributed by atoms with Crippen LogP contribution in [0.3, 0.4) is 0 Å². The summed E-state index contributed by atoms with van der Waals surface area (Å²) in [5.41, 5.74) is 0.859. The zero-order valence-corrected chi connectivity index (χ0v) is 9.39. The molecular formula is C14H16O2. The molecule has 1 N–H and O–H groups in total. The first-order valence-corrected chi connectivity index (χ1v) is 5.40. The van der Waals surface area contributed by atoms with Crippen LogP contribution in [0.1, 0.15) is 12.0 Å². The van der Waals surface area contributed by atoms with E-state index >= 15 is 0 Å². The van der Waals surface area contributed by atoms with Gasteiger partial charge in [-0.2, -0.15) is 0 Å². The van der Waals surface area contributed by atoms with Crippen molar-refractivity contribution in [2.45, 2.75) is 11.8 Å². The van der Waals surface area contributed by atoms with Gasteiger partial charge in [-0.05, 0) is 24.1 Å². The number of allylic oxidation sites excluding steroid dienone is 3. The van der Waals surface area contributed by atoms with Crippen molar-refractivity contribution >= 4 is 0 Å². The largest absolute Gasteiger partial charge is 0.497 e. The van der Waals surface area contributed by atoms with Crippen molar-refractivity contribution in [1.82, 2.24) is 0 Å². The molecule has 0 spiro atoms. The molecule has 0 heterocycles. The van der Waals surface area contributed by atoms with E-state index in [2.05, 4.69) is 12.2 Å². The third-order valence-corrected chi connectivity index (χ3v) is 3.09. The molecule has 0 aliphatic heterocycles. The Balaban J connectivity index is 2.33. The quantitative estimate of drug-likeness (QED) is 0.841. The molecule has 0 amide bonds. The second-order valence-electron chi connectivity index (χ2n) is 4.03. The van der Waals surface area contributed by atoms with Crippen LogP contribution in [0.2, 0.25) is 0 Å². The molecule has 1 aromatic rings. The molecule has 0 fully saturated rings. The van der Waals surface area contributed by atoms with E-state index in [9.17, 15) is 5.11 Å². The van der Waals surface area contributed by atoms with Gasteiger partial charge in [-0.15, -0.1) is 0 Å². The summed E-state index contributed by atoms with van der Waals surface area (Å²) in [7, 11) is 1.65. The molecule has 2 rings (SSSR count). The SMILES string of the molecule is COc1ccc([C@@]2(CO)C=CC=CC2)cc1. The van der Waals surface area contributed by atoms with Gasteiger partial charge in [-0.1, -0.05) is 36.4 Å². The van der Waals surface area contributed by atoms with Gasteiger partial charge in [0.05, 0.1) is 13.7 Å². The minimum Gasteiger partial charge on any atom is -0.497 e. The second kappa shape index (κ2) is 4.54. The van der Waals surface area contributed by atoms with Crippen molar-refractivity contribution in [2.75, 3.05) is 13.7 Å². The summed E-state index contributed by atoms with van der Waals surface area (Å²) in [5.74, 6) is 0.840. The average molecular weight is 216 g/mol. The maximum atomic E-state index is 9.61. The smallest absolute Gasteiger partial charge is 0.118 e. The molecule has 1 aromatic carbocycles. The summed E-state index contributed by atoms with van der Waals surface area (Å²) < 4.78 is 5.13. The molecule has 0 aromatic heterocycles. The lowest BCUT2D eigenvalue weighted by Gasteiger charge is -2.29. The highest BCUT2D eigenvalue weighted by Gasteiger charge is 2.28. The fourth-order valence-electron chi connectivity index (χ4n) is 2.01. The predicted molar refractivity (Wildman–Crippen MR) is 64.7 cm³/mol. The van der Waals surface area contributed by atoms with Crippen molar-refractivity contribution in [1.29, 1.82) is 0 Å². The highest BCUT2D eigenvalue weighted by atomic mass is 16.5. The fourth-order valence-corrected chi connectivity index (χ4v) is 2.01. The van der Waals surface area contributed by atoms with Gasteiger partial charge in [0.15, 0.2) is 0 Å². The first kappa shape index (κ1) is 11.0. The zero-order valence-electron chi connectivity index (χ0n) is 9.39. The Morgan fingerprint density at radius 3 is 2.50 bits per heavy atom. The van der Waals surface area contributed by atoms with Crippen LogP contribution in [0, 0.1) is 0 Å². The Bertz CT molecular complexity index is 403. The number of hydrogen-bond donors (Lipinski definition) is 1. The summed E-state index contributed by atoms with van der Waals surface area (Å²) in [4.78, 5) is 0. The molecule has 0 radical (unpaired) electrons. The topological polar surface area (TPSA) is 29.5 Å². The fraction of sp³-hybridized carbons (Fsp3) is 0.286. The third-order valence-electron chi connectivity index (χ3n) is 3.09. The standard InChI is InChI=1S/C14H16O2/c1-16-13-7-5-12(6-8-13)14(11-15)9-3-2-4-10-14/h2-9,15H,10-11H2,1H3/t14-/m0/s1. The monoisotopic (exact) mass is 216 g/mol. The lowest BCUT2D eigenvalue weighted by atomic mass is 9.76. The number of ether oxygens (including phenoxy) is 1. The van der Waals surface area contributed by atoms with Gasteiger partial charge < -0.3 is 9.84 Å². The van der Waals surface area contributed by atoms with Crippen molar-refractivity contribution in [3.8, 4) is 5.75 Å². The van der Waals surface area contributed by atoms with Crippen LogP contribution in [0.15, 0.2) is 48.6 Å². The molecular weight excluding hydrogens is 200 g/mol. The van der Waals surface area contributed by atoms with Gasteiger partial charge in [0.2, 0.25) is 0 Å². The Hall–Kier alpha value is -1.54. The molecule has 1 aliphatic rings. The molecule has 1 aliphatic carbocycles. The molecule has 2 heteroatoms. The third kappa shape index (κ3) is 1.89. The number of methoxy groups -OCH3 is 1. The summed E-state index contributed by atoms with van der Waals surface area (Å²) in [6, 6.07) is 7.88. The number of rotatable bonds is 3. The first-order chi connectivity index (χ1) is 7.80. The van der Waals surface area contributed by atoms with Gasteiger partial charge in [-0.25, -0.2) is 0 Å². The molecule has 1 atom stereocenters. The Morgan fingerprint density at radius 2 is 2.00 bits per heavy atom. The van der Waals surface area contributed by atoms with E-state index in [1.165, 1.54) is 0 Å². The lowest BCUT2D eigenvalue weighted by molar-refractivity contribution is 0.225. The van der Waals surface area contributed by atoms with Crippen molar-refractivity contribution < 1.29 is 9.84 Å². The van der Waals surface area contributed by atoms with Gasteiger partial charge in [0, 0.05) is 5.41 Å². The normalized spacial score (nSPS) is 23.4. The van der Waals surface area contributed by atoms with Crippen LogP contribution in [0.5, 0.6) is 5.75 Å². The van der Waals surface area contributed by atoms with Gasteiger partial charge in [0.25, 0.3) is 0 Å². The van der Waals surface area contributed by atoms with Crippen LogP contribution in [0.25, 0.3) is 0 Å². The highest BCUT2D eigenvalue weighted by Crippen LogP contribution is 2.33. The summed E-state index contributed by atoms with van der Waals surface area (Å²) in [5, 5.41) is 9.61. The predicted octanol–water partition coefficient (Wildman–Crippen LogP) is 2.44. The van der Waals surface area contributed by atoms with E-state index in [1.807, 2.05) is 36.4 Å². The molecule has 0 saturated heterocycles. The number of benzene rings is 1. The van der Waals surface area contributed by atoms with E-state index in [0.29, 0.717) is 0 Å². The van der Waals surface area contributed by atoms with Crippen LogP contribution < -0.4 is 4.74 Å². The minimum absolute atomic E-state index is 0.125. The van der Waals surface area contributed by atoms with Gasteiger partial charge >= 0.3 is 0 Å². The van der Waals surface area contributed by atoms with Gasteiger partial charge in [-0.3, -0.25) is 0 Å². The van der Waals surface area contributed by atoms with Crippen LogP contribution in [-0.4, -0.2) is 18.8 Å².